The highest BCUT2D eigenvalue weighted by atomic mass is 35.5. The topological polar surface area (TPSA) is 32.3 Å². The van der Waals surface area contributed by atoms with Crippen molar-refractivity contribution >= 4 is 11.6 Å². The maximum absolute atomic E-state index is 9.11. The first-order valence-corrected chi connectivity index (χ1v) is 5.23. The molecule has 0 unspecified atom stereocenters. The molecule has 0 spiro atoms. The van der Waals surface area contributed by atoms with E-state index in [2.05, 4.69) is 5.32 Å². The smallest absolute Gasteiger partial charge is 0.0613 e. The summed E-state index contributed by atoms with van der Waals surface area (Å²) in [5.74, 6) is 0. The second-order valence-corrected chi connectivity index (χ2v) is 4.29. The molecule has 1 fully saturated rings. The molecule has 1 aliphatic rings. The van der Waals surface area contributed by atoms with E-state index in [1.165, 1.54) is 0 Å². The minimum Gasteiger partial charge on any atom is -0.394 e. The average Bonchev–Trinajstić information content (AvgIpc) is 2.98. The second-order valence-electron chi connectivity index (χ2n) is 3.88. The predicted octanol–water partition coefficient (Wildman–Crippen LogP) is 1.95. The third-order valence-corrected chi connectivity index (χ3v) is 3.14. The molecule has 1 aromatic rings. The summed E-state index contributed by atoms with van der Waals surface area (Å²) in [6.07, 6.45) is 2.13. The third kappa shape index (κ3) is 2.08. The van der Waals surface area contributed by atoms with Gasteiger partial charge in [0.1, 0.15) is 0 Å². The molecule has 1 saturated carbocycles. The van der Waals surface area contributed by atoms with E-state index >= 15 is 0 Å². The van der Waals surface area contributed by atoms with Crippen LogP contribution in [0.4, 0.5) is 0 Å². The van der Waals surface area contributed by atoms with Crippen molar-refractivity contribution in [3.05, 3.63) is 34.9 Å². The molecule has 14 heavy (non-hydrogen) atoms. The molecule has 0 radical (unpaired) electrons. The summed E-state index contributed by atoms with van der Waals surface area (Å²) in [7, 11) is 0. The molecule has 0 aliphatic heterocycles. The summed E-state index contributed by atoms with van der Waals surface area (Å²) in [5, 5.41) is 13.2. The molecule has 2 nitrogen and oxygen atoms in total. The number of aliphatic hydroxyl groups is 1. The standard InChI is InChI=1S/C11H14ClNO/c12-10-4-2-1-3-9(10)7-13-11(8-14)5-6-11/h1-4,13-14H,5-8H2. The van der Waals surface area contributed by atoms with Gasteiger partial charge in [-0.2, -0.15) is 0 Å². The van der Waals surface area contributed by atoms with Crippen molar-refractivity contribution in [3.8, 4) is 0 Å². The van der Waals surface area contributed by atoms with Crippen LogP contribution in [0, 0.1) is 0 Å². The fourth-order valence-corrected chi connectivity index (χ4v) is 1.67. The Labute approximate surface area is 88.9 Å². The van der Waals surface area contributed by atoms with Gasteiger partial charge < -0.3 is 10.4 Å². The largest absolute Gasteiger partial charge is 0.394 e. The van der Waals surface area contributed by atoms with Gasteiger partial charge in [0.05, 0.1) is 6.61 Å². The van der Waals surface area contributed by atoms with Gasteiger partial charge in [0, 0.05) is 17.1 Å². The van der Waals surface area contributed by atoms with Crippen LogP contribution in [0.2, 0.25) is 5.02 Å². The molecule has 1 aromatic carbocycles. The van der Waals surface area contributed by atoms with Gasteiger partial charge in [-0.05, 0) is 24.5 Å². The number of hydrogen-bond donors (Lipinski definition) is 2. The van der Waals surface area contributed by atoms with Crippen LogP contribution < -0.4 is 5.32 Å². The monoisotopic (exact) mass is 211 g/mol. The van der Waals surface area contributed by atoms with Crippen LogP contribution in [0.5, 0.6) is 0 Å². The number of benzene rings is 1. The van der Waals surface area contributed by atoms with E-state index in [9.17, 15) is 0 Å². The van der Waals surface area contributed by atoms with Crippen molar-refractivity contribution in [2.24, 2.45) is 0 Å². The van der Waals surface area contributed by atoms with Crippen molar-refractivity contribution in [3.63, 3.8) is 0 Å². The fraction of sp³-hybridized carbons (Fsp3) is 0.455. The SMILES string of the molecule is OCC1(NCc2ccccc2Cl)CC1. The minimum absolute atomic E-state index is 0.0147. The Kier molecular flexibility index (Phi) is 2.77. The number of nitrogens with one attached hydrogen (secondary N) is 1. The number of hydrogen-bond acceptors (Lipinski definition) is 2. The van der Waals surface area contributed by atoms with E-state index < -0.39 is 0 Å². The second kappa shape index (κ2) is 3.89. The quantitative estimate of drug-likeness (QED) is 0.798. The van der Waals surface area contributed by atoms with Gasteiger partial charge in [0.2, 0.25) is 0 Å². The Morgan fingerprint density at radius 1 is 1.36 bits per heavy atom. The lowest BCUT2D eigenvalue weighted by atomic mass is 10.2. The molecule has 3 heteroatoms. The van der Waals surface area contributed by atoms with E-state index in [1.807, 2.05) is 24.3 Å². The highest BCUT2D eigenvalue weighted by Gasteiger charge is 2.41. The molecule has 0 bridgehead atoms. The number of rotatable bonds is 4. The van der Waals surface area contributed by atoms with Crippen molar-refractivity contribution in [1.82, 2.24) is 5.32 Å². The van der Waals surface area contributed by atoms with Crippen LogP contribution in [0.3, 0.4) is 0 Å². The van der Waals surface area contributed by atoms with Crippen LogP contribution in [0.25, 0.3) is 0 Å². The van der Waals surface area contributed by atoms with Gasteiger partial charge in [-0.1, -0.05) is 29.8 Å². The third-order valence-electron chi connectivity index (χ3n) is 2.77. The van der Waals surface area contributed by atoms with Gasteiger partial charge in [0.25, 0.3) is 0 Å². The Bertz CT molecular complexity index is 323. The lowest BCUT2D eigenvalue weighted by Crippen LogP contribution is -2.34. The van der Waals surface area contributed by atoms with Crippen molar-refractivity contribution in [2.75, 3.05) is 6.61 Å². The molecule has 1 aliphatic carbocycles. The lowest BCUT2D eigenvalue weighted by Gasteiger charge is -2.14. The summed E-state index contributed by atoms with van der Waals surface area (Å²) >= 11 is 6.01. The van der Waals surface area contributed by atoms with Crippen molar-refractivity contribution < 1.29 is 5.11 Å². The van der Waals surface area contributed by atoms with Gasteiger partial charge in [0.15, 0.2) is 0 Å². The first-order valence-electron chi connectivity index (χ1n) is 4.85. The Morgan fingerprint density at radius 2 is 2.07 bits per heavy atom. The molecule has 2 N–H and O–H groups in total. The molecular weight excluding hydrogens is 198 g/mol. The molecule has 76 valence electrons. The zero-order valence-corrected chi connectivity index (χ0v) is 8.72. The van der Waals surface area contributed by atoms with E-state index in [4.69, 9.17) is 16.7 Å². The number of aliphatic hydroxyl groups excluding tert-OH is 1. The average molecular weight is 212 g/mol. The zero-order chi connectivity index (χ0) is 10.0. The molecule has 0 atom stereocenters. The van der Waals surface area contributed by atoms with Gasteiger partial charge in [-0.25, -0.2) is 0 Å². The predicted molar refractivity (Wildman–Crippen MR) is 57.3 cm³/mol. The summed E-state index contributed by atoms with van der Waals surface area (Å²) in [5.41, 5.74) is 1.08. The molecular formula is C11H14ClNO. The van der Waals surface area contributed by atoms with E-state index in [0.29, 0.717) is 0 Å². The summed E-state index contributed by atoms with van der Waals surface area (Å²) in [6, 6.07) is 7.78. The van der Waals surface area contributed by atoms with Gasteiger partial charge in [-0.15, -0.1) is 0 Å². The van der Waals surface area contributed by atoms with E-state index in [-0.39, 0.29) is 12.1 Å². The summed E-state index contributed by atoms with van der Waals surface area (Å²) in [6.45, 7) is 0.956. The first-order chi connectivity index (χ1) is 6.76. The van der Waals surface area contributed by atoms with Gasteiger partial charge >= 0.3 is 0 Å². The van der Waals surface area contributed by atoms with Crippen LogP contribution >= 0.6 is 11.6 Å². The highest BCUT2D eigenvalue weighted by molar-refractivity contribution is 6.31. The van der Waals surface area contributed by atoms with Crippen LogP contribution in [0.1, 0.15) is 18.4 Å². The molecule has 0 saturated heterocycles. The first kappa shape index (κ1) is 9.97. The van der Waals surface area contributed by atoms with Crippen LogP contribution in [-0.4, -0.2) is 17.3 Å². The highest BCUT2D eigenvalue weighted by Crippen LogP contribution is 2.35. The van der Waals surface area contributed by atoms with Crippen molar-refractivity contribution in [1.29, 1.82) is 0 Å². The van der Waals surface area contributed by atoms with Crippen molar-refractivity contribution in [2.45, 2.75) is 24.9 Å². The van der Waals surface area contributed by atoms with E-state index in [0.717, 1.165) is 30.0 Å². The molecule has 0 heterocycles. The maximum atomic E-state index is 9.11. The summed E-state index contributed by atoms with van der Waals surface area (Å²) < 4.78 is 0. The van der Waals surface area contributed by atoms with Crippen LogP contribution in [-0.2, 0) is 6.54 Å². The molecule has 0 aromatic heterocycles. The normalized spacial score (nSPS) is 18.1. The number of halogens is 1. The Balaban J connectivity index is 1.95. The van der Waals surface area contributed by atoms with Gasteiger partial charge in [-0.3, -0.25) is 0 Å². The molecule has 0 amide bonds. The zero-order valence-electron chi connectivity index (χ0n) is 7.96. The minimum atomic E-state index is -0.0147. The lowest BCUT2D eigenvalue weighted by molar-refractivity contribution is 0.229. The fourth-order valence-electron chi connectivity index (χ4n) is 1.47. The Morgan fingerprint density at radius 3 is 2.64 bits per heavy atom. The maximum Gasteiger partial charge on any atom is 0.0613 e. The summed E-state index contributed by atoms with van der Waals surface area (Å²) in [4.78, 5) is 0. The molecule has 2 rings (SSSR count). The van der Waals surface area contributed by atoms with E-state index in [1.54, 1.807) is 0 Å². The Hall–Kier alpha value is -0.570. The van der Waals surface area contributed by atoms with Crippen LogP contribution in [0.15, 0.2) is 24.3 Å².